The third kappa shape index (κ3) is 4.48. The number of oxime groups is 1. The van der Waals surface area contributed by atoms with Gasteiger partial charge in [-0.2, -0.15) is 0 Å². The van der Waals surface area contributed by atoms with Gasteiger partial charge in [0.25, 0.3) is 0 Å². The van der Waals surface area contributed by atoms with Gasteiger partial charge in [0.15, 0.2) is 5.84 Å². The molecule has 0 heterocycles. The van der Waals surface area contributed by atoms with Crippen LogP contribution in [0.25, 0.3) is 0 Å². The Morgan fingerprint density at radius 2 is 2.10 bits per heavy atom. The zero-order chi connectivity index (χ0) is 15.2. The molecule has 114 valence electrons. The first-order chi connectivity index (χ1) is 10.1. The molecule has 0 radical (unpaired) electrons. The molecule has 1 aliphatic carbocycles. The molecule has 2 rings (SSSR count). The number of rotatable bonds is 5. The summed E-state index contributed by atoms with van der Waals surface area (Å²) in [4.78, 5) is 11.9. The third-order valence-electron chi connectivity index (χ3n) is 4.11. The van der Waals surface area contributed by atoms with Crippen LogP contribution in [-0.4, -0.2) is 23.5 Å². The predicted molar refractivity (Wildman–Crippen MR) is 82.2 cm³/mol. The average Bonchev–Trinajstić information content (AvgIpc) is 2.91. The fourth-order valence-corrected chi connectivity index (χ4v) is 2.87. The van der Waals surface area contributed by atoms with Gasteiger partial charge < -0.3 is 16.3 Å². The van der Waals surface area contributed by atoms with Crippen molar-refractivity contribution in [2.45, 2.75) is 32.6 Å². The lowest BCUT2D eigenvalue weighted by atomic mass is 10.1. The molecule has 1 saturated carbocycles. The summed E-state index contributed by atoms with van der Waals surface area (Å²) >= 11 is 0. The number of amides is 1. The quantitative estimate of drug-likeness (QED) is 0.335. The van der Waals surface area contributed by atoms with Crippen LogP contribution in [-0.2, 0) is 11.2 Å². The van der Waals surface area contributed by atoms with E-state index in [1.54, 1.807) is 12.1 Å². The molecule has 0 saturated heterocycles. The van der Waals surface area contributed by atoms with E-state index in [-0.39, 0.29) is 11.7 Å². The number of nitrogens with zero attached hydrogens (tertiary/aromatic N) is 1. The highest BCUT2D eigenvalue weighted by atomic mass is 16.4. The van der Waals surface area contributed by atoms with Crippen LogP contribution in [0.2, 0.25) is 0 Å². The topological polar surface area (TPSA) is 87.7 Å². The Balaban J connectivity index is 1.79. The SMILES string of the molecule is CC1CCC(CNC(=O)Cc2ccc(/C(N)=N/O)cc2)C1. The minimum Gasteiger partial charge on any atom is -0.409 e. The first kappa shape index (κ1) is 15.4. The van der Waals surface area contributed by atoms with Crippen molar-refractivity contribution in [3.05, 3.63) is 35.4 Å². The Labute approximate surface area is 125 Å². The van der Waals surface area contributed by atoms with Crippen LogP contribution < -0.4 is 11.1 Å². The van der Waals surface area contributed by atoms with E-state index in [1.807, 2.05) is 12.1 Å². The van der Waals surface area contributed by atoms with E-state index in [0.29, 0.717) is 17.9 Å². The molecule has 21 heavy (non-hydrogen) atoms. The highest BCUT2D eigenvalue weighted by molar-refractivity contribution is 5.97. The number of amidine groups is 1. The van der Waals surface area contributed by atoms with Crippen LogP contribution in [0, 0.1) is 11.8 Å². The smallest absolute Gasteiger partial charge is 0.224 e. The van der Waals surface area contributed by atoms with Crippen LogP contribution in [0.1, 0.15) is 37.3 Å². The van der Waals surface area contributed by atoms with Gasteiger partial charge in [-0.15, -0.1) is 0 Å². The summed E-state index contributed by atoms with van der Waals surface area (Å²) in [7, 11) is 0. The zero-order valence-corrected chi connectivity index (χ0v) is 12.4. The van der Waals surface area contributed by atoms with Gasteiger partial charge in [0, 0.05) is 12.1 Å². The Kier molecular flexibility index (Phi) is 5.20. The summed E-state index contributed by atoms with van der Waals surface area (Å²) in [6.07, 6.45) is 4.07. The Hall–Kier alpha value is -2.04. The third-order valence-corrected chi connectivity index (χ3v) is 4.11. The lowest BCUT2D eigenvalue weighted by Crippen LogP contribution is -2.29. The molecule has 1 aromatic carbocycles. The fourth-order valence-electron chi connectivity index (χ4n) is 2.87. The standard InChI is InChI=1S/C16H23N3O2/c1-11-2-3-13(8-11)10-18-15(20)9-12-4-6-14(7-5-12)16(17)19-21/h4-7,11,13,21H,2-3,8-10H2,1H3,(H2,17,19)(H,18,20). The van der Waals surface area contributed by atoms with Crippen molar-refractivity contribution < 1.29 is 10.0 Å². The summed E-state index contributed by atoms with van der Waals surface area (Å²) in [5, 5.41) is 14.6. The normalized spacial score (nSPS) is 22.2. The van der Waals surface area contributed by atoms with Crippen molar-refractivity contribution in [1.29, 1.82) is 0 Å². The molecule has 1 amide bonds. The largest absolute Gasteiger partial charge is 0.409 e. The molecular weight excluding hydrogens is 266 g/mol. The molecule has 2 atom stereocenters. The molecule has 0 bridgehead atoms. The van der Waals surface area contributed by atoms with Gasteiger partial charge in [-0.1, -0.05) is 42.8 Å². The van der Waals surface area contributed by atoms with E-state index < -0.39 is 0 Å². The van der Waals surface area contributed by atoms with Gasteiger partial charge >= 0.3 is 0 Å². The molecule has 4 N–H and O–H groups in total. The van der Waals surface area contributed by atoms with Crippen molar-refractivity contribution in [2.24, 2.45) is 22.7 Å². The lowest BCUT2D eigenvalue weighted by molar-refractivity contribution is -0.120. The maximum atomic E-state index is 11.9. The predicted octanol–water partition coefficient (Wildman–Crippen LogP) is 1.88. The van der Waals surface area contributed by atoms with Gasteiger partial charge in [-0.3, -0.25) is 4.79 Å². The second-order valence-electron chi connectivity index (χ2n) is 5.95. The lowest BCUT2D eigenvalue weighted by Gasteiger charge is -2.11. The van der Waals surface area contributed by atoms with E-state index in [2.05, 4.69) is 17.4 Å². The maximum Gasteiger partial charge on any atom is 0.224 e. The minimum atomic E-state index is 0.0473. The number of carbonyl (C=O) groups is 1. The highest BCUT2D eigenvalue weighted by Crippen LogP contribution is 2.29. The van der Waals surface area contributed by atoms with Crippen molar-refractivity contribution >= 4 is 11.7 Å². The van der Waals surface area contributed by atoms with E-state index >= 15 is 0 Å². The van der Waals surface area contributed by atoms with Gasteiger partial charge in [-0.25, -0.2) is 0 Å². The number of hydrogen-bond donors (Lipinski definition) is 3. The van der Waals surface area contributed by atoms with Gasteiger partial charge in [0.05, 0.1) is 6.42 Å². The highest BCUT2D eigenvalue weighted by Gasteiger charge is 2.21. The summed E-state index contributed by atoms with van der Waals surface area (Å²) in [6.45, 7) is 3.05. The van der Waals surface area contributed by atoms with Crippen molar-refractivity contribution in [2.75, 3.05) is 6.54 Å². The van der Waals surface area contributed by atoms with Crippen LogP contribution in [0.5, 0.6) is 0 Å². The van der Waals surface area contributed by atoms with Gasteiger partial charge in [0.2, 0.25) is 5.91 Å². The van der Waals surface area contributed by atoms with Crippen molar-refractivity contribution in [3.63, 3.8) is 0 Å². The van der Waals surface area contributed by atoms with Gasteiger partial charge in [0.1, 0.15) is 0 Å². The maximum absolute atomic E-state index is 11.9. The monoisotopic (exact) mass is 289 g/mol. The molecular formula is C16H23N3O2. The van der Waals surface area contributed by atoms with Crippen LogP contribution in [0.3, 0.4) is 0 Å². The number of benzene rings is 1. The molecule has 1 fully saturated rings. The van der Waals surface area contributed by atoms with E-state index in [4.69, 9.17) is 10.9 Å². The summed E-state index contributed by atoms with van der Waals surface area (Å²) in [6, 6.07) is 7.14. The summed E-state index contributed by atoms with van der Waals surface area (Å²) in [5.41, 5.74) is 7.05. The second kappa shape index (κ2) is 7.11. The van der Waals surface area contributed by atoms with E-state index in [1.165, 1.54) is 19.3 Å². The van der Waals surface area contributed by atoms with Crippen molar-refractivity contribution in [1.82, 2.24) is 5.32 Å². The number of hydrogen-bond acceptors (Lipinski definition) is 3. The Morgan fingerprint density at radius 1 is 1.38 bits per heavy atom. The molecule has 1 aromatic rings. The van der Waals surface area contributed by atoms with Gasteiger partial charge in [-0.05, 0) is 30.2 Å². The van der Waals surface area contributed by atoms with E-state index in [9.17, 15) is 4.79 Å². The van der Waals surface area contributed by atoms with Crippen molar-refractivity contribution in [3.8, 4) is 0 Å². The number of nitrogens with one attached hydrogen (secondary N) is 1. The Bertz CT molecular complexity index is 511. The number of nitrogens with two attached hydrogens (primary N) is 1. The molecule has 5 heteroatoms. The Morgan fingerprint density at radius 3 is 2.67 bits per heavy atom. The molecule has 5 nitrogen and oxygen atoms in total. The fraction of sp³-hybridized carbons (Fsp3) is 0.500. The first-order valence-electron chi connectivity index (χ1n) is 7.42. The summed E-state index contributed by atoms with van der Waals surface area (Å²) < 4.78 is 0. The molecule has 0 aliphatic heterocycles. The zero-order valence-electron chi connectivity index (χ0n) is 12.4. The second-order valence-corrected chi connectivity index (χ2v) is 5.95. The molecule has 1 aliphatic rings. The molecule has 2 unspecified atom stereocenters. The molecule has 0 spiro atoms. The average molecular weight is 289 g/mol. The summed E-state index contributed by atoms with van der Waals surface area (Å²) in [5.74, 6) is 1.54. The minimum absolute atomic E-state index is 0.0473. The van der Waals surface area contributed by atoms with Crippen LogP contribution in [0.15, 0.2) is 29.4 Å². The molecule has 0 aromatic heterocycles. The van der Waals surface area contributed by atoms with E-state index in [0.717, 1.165) is 18.0 Å². The number of carbonyl (C=O) groups excluding carboxylic acids is 1. The van der Waals surface area contributed by atoms with Crippen LogP contribution >= 0.6 is 0 Å². The van der Waals surface area contributed by atoms with Crippen LogP contribution in [0.4, 0.5) is 0 Å². The first-order valence-corrected chi connectivity index (χ1v) is 7.42.